The van der Waals surface area contributed by atoms with E-state index in [1.54, 1.807) is 19.2 Å². The number of nitrogens with two attached hydrogens (primary N) is 1. The van der Waals surface area contributed by atoms with Crippen LogP contribution < -0.4 is 5.73 Å². The van der Waals surface area contributed by atoms with E-state index in [9.17, 15) is 8.42 Å². The maximum absolute atomic E-state index is 12.7. The Morgan fingerprint density at radius 1 is 1.43 bits per heavy atom. The molecule has 0 aliphatic carbocycles. The molecule has 2 rings (SSSR count). The van der Waals surface area contributed by atoms with Crippen molar-refractivity contribution in [2.75, 3.05) is 33.7 Å². The minimum atomic E-state index is -3.43. The summed E-state index contributed by atoms with van der Waals surface area (Å²) in [5, 5.41) is 0. The minimum Gasteiger partial charge on any atom is -0.326 e. The van der Waals surface area contributed by atoms with E-state index < -0.39 is 10.0 Å². The Morgan fingerprint density at radius 3 is 2.67 bits per heavy atom. The summed E-state index contributed by atoms with van der Waals surface area (Å²) in [5.41, 5.74) is 7.30. The third-order valence-corrected chi connectivity index (χ3v) is 6.15. The predicted octanol–water partition coefficient (Wildman–Crippen LogP) is 1.03. The average Bonchev–Trinajstić information content (AvgIpc) is 2.83. The van der Waals surface area contributed by atoms with Gasteiger partial charge in [-0.1, -0.05) is 12.1 Å². The van der Waals surface area contributed by atoms with Gasteiger partial charge in [-0.15, -0.1) is 0 Å². The van der Waals surface area contributed by atoms with Crippen molar-refractivity contribution in [2.45, 2.75) is 24.8 Å². The second kappa shape index (κ2) is 6.44. The fourth-order valence-electron chi connectivity index (χ4n) is 2.93. The molecule has 1 saturated heterocycles. The van der Waals surface area contributed by atoms with Gasteiger partial charge in [0.05, 0.1) is 4.90 Å². The Morgan fingerprint density at radius 2 is 2.14 bits per heavy atom. The van der Waals surface area contributed by atoms with Crippen LogP contribution in [0.15, 0.2) is 23.1 Å². The number of nitrogens with zero attached hydrogens (tertiary/aromatic N) is 2. The summed E-state index contributed by atoms with van der Waals surface area (Å²) >= 11 is 0. The molecule has 6 heteroatoms. The van der Waals surface area contributed by atoms with Gasteiger partial charge < -0.3 is 10.6 Å². The highest BCUT2D eigenvalue weighted by molar-refractivity contribution is 7.89. The lowest BCUT2D eigenvalue weighted by Crippen LogP contribution is -2.33. The third kappa shape index (κ3) is 3.63. The highest BCUT2D eigenvalue weighted by atomic mass is 32.2. The van der Waals surface area contributed by atoms with Gasteiger partial charge in [0, 0.05) is 26.7 Å². The topological polar surface area (TPSA) is 66.6 Å². The molecule has 0 bridgehead atoms. The SMILES string of the molecule is Cc1cc(CN)ccc1S(=O)(=O)N(C)CC1CCN(C)C1. The van der Waals surface area contributed by atoms with Gasteiger partial charge in [-0.2, -0.15) is 0 Å². The van der Waals surface area contributed by atoms with E-state index in [2.05, 4.69) is 11.9 Å². The molecule has 1 fully saturated rings. The Balaban J connectivity index is 2.17. The van der Waals surface area contributed by atoms with Crippen molar-refractivity contribution >= 4 is 10.0 Å². The number of sulfonamides is 1. The van der Waals surface area contributed by atoms with Gasteiger partial charge in [-0.05, 0) is 50.0 Å². The Labute approximate surface area is 127 Å². The van der Waals surface area contributed by atoms with E-state index in [4.69, 9.17) is 5.73 Å². The first kappa shape index (κ1) is 16.4. The van der Waals surface area contributed by atoms with E-state index >= 15 is 0 Å². The van der Waals surface area contributed by atoms with Crippen LogP contribution in [0.5, 0.6) is 0 Å². The van der Waals surface area contributed by atoms with Gasteiger partial charge in [0.15, 0.2) is 0 Å². The van der Waals surface area contributed by atoms with Crippen molar-refractivity contribution in [1.29, 1.82) is 0 Å². The molecule has 1 aromatic carbocycles. The molecule has 21 heavy (non-hydrogen) atoms. The molecule has 0 saturated carbocycles. The lowest BCUT2D eigenvalue weighted by atomic mass is 10.1. The fourth-order valence-corrected chi connectivity index (χ4v) is 4.38. The van der Waals surface area contributed by atoms with Gasteiger partial charge in [0.1, 0.15) is 0 Å². The summed E-state index contributed by atoms with van der Waals surface area (Å²) in [6, 6.07) is 5.31. The van der Waals surface area contributed by atoms with Crippen LogP contribution >= 0.6 is 0 Å². The lowest BCUT2D eigenvalue weighted by molar-refractivity contribution is 0.356. The van der Waals surface area contributed by atoms with Gasteiger partial charge in [-0.3, -0.25) is 0 Å². The largest absolute Gasteiger partial charge is 0.326 e. The molecule has 0 radical (unpaired) electrons. The van der Waals surface area contributed by atoms with Crippen molar-refractivity contribution in [3.8, 4) is 0 Å². The molecule has 1 aliphatic heterocycles. The monoisotopic (exact) mass is 311 g/mol. The molecule has 1 heterocycles. The summed E-state index contributed by atoms with van der Waals surface area (Å²) in [5.74, 6) is 0.415. The molecule has 1 unspecified atom stereocenters. The van der Waals surface area contributed by atoms with Gasteiger partial charge in [0.2, 0.25) is 10.0 Å². The van der Waals surface area contributed by atoms with Crippen LogP contribution in [0.4, 0.5) is 0 Å². The van der Waals surface area contributed by atoms with Crippen molar-refractivity contribution in [3.63, 3.8) is 0 Å². The second-order valence-corrected chi connectivity index (χ2v) is 8.02. The summed E-state index contributed by atoms with van der Waals surface area (Å²) in [6.07, 6.45) is 1.06. The van der Waals surface area contributed by atoms with Crippen LogP contribution in [0.25, 0.3) is 0 Å². The number of aryl methyl sites for hydroxylation is 1. The highest BCUT2D eigenvalue weighted by Gasteiger charge is 2.28. The van der Waals surface area contributed by atoms with E-state index in [0.29, 0.717) is 23.9 Å². The predicted molar refractivity (Wildman–Crippen MR) is 84.5 cm³/mol. The fraction of sp³-hybridized carbons (Fsp3) is 0.600. The molecular formula is C15H25N3O2S. The second-order valence-electron chi connectivity index (χ2n) is 6.01. The van der Waals surface area contributed by atoms with Gasteiger partial charge >= 0.3 is 0 Å². The van der Waals surface area contributed by atoms with Crippen molar-refractivity contribution < 1.29 is 8.42 Å². The molecule has 1 aliphatic rings. The summed E-state index contributed by atoms with van der Waals surface area (Å²) in [7, 11) is 0.319. The smallest absolute Gasteiger partial charge is 0.243 e. The zero-order valence-corrected chi connectivity index (χ0v) is 13.9. The van der Waals surface area contributed by atoms with Crippen LogP contribution in [-0.2, 0) is 16.6 Å². The lowest BCUT2D eigenvalue weighted by Gasteiger charge is -2.22. The van der Waals surface area contributed by atoms with E-state index in [1.807, 2.05) is 13.0 Å². The molecule has 118 valence electrons. The average molecular weight is 311 g/mol. The first-order chi connectivity index (χ1) is 9.84. The first-order valence-corrected chi connectivity index (χ1v) is 8.73. The minimum absolute atomic E-state index is 0.383. The number of hydrogen-bond acceptors (Lipinski definition) is 4. The summed E-state index contributed by atoms with van der Waals surface area (Å²) in [6.45, 7) is 4.83. The first-order valence-electron chi connectivity index (χ1n) is 7.29. The van der Waals surface area contributed by atoms with E-state index in [-0.39, 0.29) is 0 Å². The van der Waals surface area contributed by atoms with E-state index in [0.717, 1.165) is 30.6 Å². The molecule has 1 aromatic rings. The van der Waals surface area contributed by atoms with Crippen LogP contribution in [0, 0.1) is 12.8 Å². The van der Waals surface area contributed by atoms with Crippen LogP contribution in [0.3, 0.4) is 0 Å². The van der Waals surface area contributed by atoms with Crippen molar-refractivity contribution in [2.24, 2.45) is 11.7 Å². The van der Waals surface area contributed by atoms with Gasteiger partial charge in [0.25, 0.3) is 0 Å². The number of likely N-dealkylation sites (tertiary alicyclic amines) is 1. The van der Waals surface area contributed by atoms with Crippen molar-refractivity contribution in [1.82, 2.24) is 9.21 Å². The van der Waals surface area contributed by atoms with Crippen molar-refractivity contribution in [3.05, 3.63) is 29.3 Å². The number of rotatable bonds is 5. The summed E-state index contributed by atoms with van der Waals surface area (Å²) in [4.78, 5) is 2.63. The maximum atomic E-state index is 12.7. The Kier molecular flexibility index (Phi) is 5.03. The Hall–Kier alpha value is -0.950. The van der Waals surface area contributed by atoms with Crippen LogP contribution in [0.2, 0.25) is 0 Å². The number of benzene rings is 1. The standard InChI is InChI=1S/C15H25N3O2S/c1-12-8-13(9-16)4-5-15(12)21(19,20)18(3)11-14-6-7-17(2)10-14/h4-5,8,14H,6-7,9-11,16H2,1-3H3. The molecule has 0 amide bonds. The normalized spacial score (nSPS) is 20.3. The molecule has 0 aromatic heterocycles. The van der Waals surface area contributed by atoms with Crippen LogP contribution in [0.1, 0.15) is 17.5 Å². The zero-order valence-electron chi connectivity index (χ0n) is 13.0. The molecule has 5 nitrogen and oxygen atoms in total. The molecule has 1 atom stereocenters. The highest BCUT2D eigenvalue weighted by Crippen LogP contribution is 2.23. The quantitative estimate of drug-likeness (QED) is 0.882. The Bertz CT molecular complexity index is 601. The van der Waals surface area contributed by atoms with Crippen LogP contribution in [-0.4, -0.2) is 51.4 Å². The zero-order chi connectivity index (χ0) is 15.6. The third-order valence-electron chi connectivity index (χ3n) is 4.17. The number of hydrogen-bond donors (Lipinski definition) is 1. The maximum Gasteiger partial charge on any atom is 0.243 e. The molecule has 0 spiro atoms. The molecular weight excluding hydrogens is 286 g/mol. The molecule has 2 N–H and O–H groups in total. The summed E-state index contributed by atoms with van der Waals surface area (Å²) < 4.78 is 26.9. The van der Waals surface area contributed by atoms with Gasteiger partial charge in [-0.25, -0.2) is 12.7 Å². The van der Waals surface area contributed by atoms with E-state index in [1.165, 1.54) is 4.31 Å².